The zero-order valence-corrected chi connectivity index (χ0v) is 9.17. The molecule has 0 bridgehead atoms. The number of nitrogens with one attached hydrogen (secondary N) is 1. The van der Waals surface area contributed by atoms with Crippen LogP contribution < -0.4 is 5.32 Å². The van der Waals surface area contributed by atoms with Crippen LogP contribution in [0.2, 0.25) is 0 Å². The van der Waals surface area contributed by atoms with Crippen molar-refractivity contribution >= 4 is 28.8 Å². The van der Waals surface area contributed by atoms with Gasteiger partial charge in [0, 0.05) is 31.4 Å². The van der Waals surface area contributed by atoms with E-state index in [9.17, 15) is 14.4 Å². The van der Waals surface area contributed by atoms with Crippen LogP contribution >= 0.6 is 11.8 Å². The molecule has 15 heavy (non-hydrogen) atoms. The lowest BCUT2D eigenvalue weighted by Crippen LogP contribution is -2.22. The maximum absolute atomic E-state index is 10.9. The van der Waals surface area contributed by atoms with E-state index in [-0.39, 0.29) is 5.12 Å². The molecule has 0 atom stereocenters. The minimum absolute atomic E-state index is 0.0482. The predicted molar refractivity (Wildman–Crippen MR) is 57.5 cm³/mol. The van der Waals surface area contributed by atoms with E-state index in [4.69, 9.17) is 5.11 Å². The summed E-state index contributed by atoms with van der Waals surface area (Å²) in [6.07, 6.45) is 2.41. The summed E-state index contributed by atoms with van der Waals surface area (Å²) in [5, 5.41) is 10.8. The largest absolute Gasteiger partial charge is 0.478 e. The Morgan fingerprint density at radius 2 is 2.00 bits per heavy atom. The van der Waals surface area contributed by atoms with Gasteiger partial charge in [-0.2, -0.15) is 0 Å². The summed E-state index contributed by atoms with van der Waals surface area (Å²) in [5.41, 5.74) is 0. The van der Waals surface area contributed by atoms with Gasteiger partial charge in [0.25, 0.3) is 0 Å². The number of thioether (sulfide) groups is 1. The monoisotopic (exact) mass is 231 g/mol. The summed E-state index contributed by atoms with van der Waals surface area (Å²) in [7, 11) is 0. The van der Waals surface area contributed by atoms with Crippen LogP contribution in [0, 0.1) is 0 Å². The van der Waals surface area contributed by atoms with Gasteiger partial charge >= 0.3 is 5.97 Å². The average Bonchev–Trinajstić information content (AvgIpc) is 2.13. The lowest BCUT2D eigenvalue weighted by atomic mass is 10.4. The third-order valence-corrected chi connectivity index (χ3v) is 2.20. The van der Waals surface area contributed by atoms with Gasteiger partial charge in [-0.25, -0.2) is 4.79 Å². The Kier molecular flexibility index (Phi) is 7.35. The van der Waals surface area contributed by atoms with E-state index in [0.717, 1.165) is 12.2 Å². The molecule has 0 saturated heterocycles. The van der Waals surface area contributed by atoms with Crippen molar-refractivity contribution in [2.75, 3.05) is 12.3 Å². The number of carbonyl (C=O) groups excluding carboxylic acids is 2. The van der Waals surface area contributed by atoms with Crippen LogP contribution in [0.5, 0.6) is 0 Å². The zero-order chi connectivity index (χ0) is 11.7. The van der Waals surface area contributed by atoms with E-state index in [1.165, 1.54) is 18.7 Å². The van der Waals surface area contributed by atoms with E-state index < -0.39 is 11.9 Å². The van der Waals surface area contributed by atoms with Gasteiger partial charge in [0.15, 0.2) is 5.12 Å². The van der Waals surface area contributed by atoms with Gasteiger partial charge in [0.1, 0.15) is 0 Å². The minimum Gasteiger partial charge on any atom is -0.478 e. The summed E-state index contributed by atoms with van der Waals surface area (Å²) in [6, 6.07) is 0. The van der Waals surface area contributed by atoms with E-state index in [1.54, 1.807) is 0 Å². The summed E-state index contributed by atoms with van der Waals surface area (Å²) >= 11 is 1.20. The molecule has 6 heteroatoms. The first-order chi connectivity index (χ1) is 7.02. The molecule has 0 aromatic rings. The standard InChI is InChI=1S/C9H13NO4S/c1-7(11)15-6-2-5-10-8(12)3-4-9(13)14/h3-4H,2,5-6H2,1H3,(H,10,12)(H,13,14)/b4-3-. The lowest BCUT2D eigenvalue weighted by molar-refractivity contribution is -0.131. The Hall–Kier alpha value is -1.30. The summed E-state index contributed by atoms with van der Waals surface area (Å²) in [5.74, 6) is -0.944. The molecule has 5 nitrogen and oxygen atoms in total. The number of aliphatic carboxylic acids is 1. The molecule has 0 fully saturated rings. The van der Waals surface area contributed by atoms with Gasteiger partial charge in [-0.15, -0.1) is 0 Å². The molecule has 0 spiro atoms. The molecular formula is C9H13NO4S. The van der Waals surface area contributed by atoms with Crippen LogP contribution in [-0.2, 0) is 14.4 Å². The number of carboxylic acid groups (broad SMARTS) is 1. The average molecular weight is 231 g/mol. The van der Waals surface area contributed by atoms with Crippen LogP contribution in [0.1, 0.15) is 13.3 Å². The number of amides is 1. The van der Waals surface area contributed by atoms with Gasteiger partial charge in [-0.05, 0) is 6.42 Å². The molecule has 0 aliphatic heterocycles. The minimum atomic E-state index is -1.16. The SMILES string of the molecule is CC(=O)SCCCNC(=O)/C=C\C(=O)O. The molecule has 0 aliphatic rings. The number of rotatable bonds is 6. The van der Waals surface area contributed by atoms with Crippen molar-refractivity contribution in [3.63, 3.8) is 0 Å². The number of carboxylic acids is 1. The van der Waals surface area contributed by atoms with Crippen LogP contribution in [0.25, 0.3) is 0 Å². The van der Waals surface area contributed by atoms with Crippen molar-refractivity contribution in [3.05, 3.63) is 12.2 Å². The Labute approximate surface area is 91.9 Å². The topological polar surface area (TPSA) is 83.5 Å². The number of hydrogen-bond donors (Lipinski definition) is 2. The molecule has 84 valence electrons. The second kappa shape index (κ2) is 8.05. The molecule has 0 unspecified atom stereocenters. The fraction of sp³-hybridized carbons (Fsp3) is 0.444. The highest BCUT2D eigenvalue weighted by Gasteiger charge is 1.97. The van der Waals surface area contributed by atoms with Crippen molar-refractivity contribution in [1.29, 1.82) is 0 Å². The van der Waals surface area contributed by atoms with Gasteiger partial charge in [-0.1, -0.05) is 11.8 Å². The van der Waals surface area contributed by atoms with Gasteiger partial charge in [-0.3, -0.25) is 9.59 Å². The van der Waals surface area contributed by atoms with Gasteiger partial charge < -0.3 is 10.4 Å². The van der Waals surface area contributed by atoms with Crippen molar-refractivity contribution < 1.29 is 19.5 Å². The fourth-order valence-corrected chi connectivity index (χ4v) is 1.28. The van der Waals surface area contributed by atoms with Crippen molar-refractivity contribution in [3.8, 4) is 0 Å². The van der Waals surface area contributed by atoms with Gasteiger partial charge in [0.2, 0.25) is 5.91 Å². The normalized spacial score (nSPS) is 10.2. The molecule has 2 N–H and O–H groups in total. The highest BCUT2D eigenvalue weighted by Crippen LogP contribution is 2.01. The fourth-order valence-electron chi connectivity index (χ4n) is 0.706. The molecule has 1 amide bonds. The highest BCUT2D eigenvalue weighted by atomic mass is 32.2. The van der Waals surface area contributed by atoms with E-state index in [2.05, 4.69) is 5.32 Å². The first-order valence-electron chi connectivity index (χ1n) is 4.34. The third-order valence-electron chi connectivity index (χ3n) is 1.30. The Bertz CT molecular complexity index is 275. The second-order valence-electron chi connectivity index (χ2n) is 2.66. The van der Waals surface area contributed by atoms with Gasteiger partial charge in [0.05, 0.1) is 0 Å². The number of carbonyl (C=O) groups is 3. The van der Waals surface area contributed by atoms with Crippen molar-refractivity contribution in [2.24, 2.45) is 0 Å². The molecule has 0 radical (unpaired) electrons. The van der Waals surface area contributed by atoms with E-state index >= 15 is 0 Å². The maximum atomic E-state index is 10.9. The number of hydrogen-bond acceptors (Lipinski definition) is 4. The smallest absolute Gasteiger partial charge is 0.328 e. The predicted octanol–water partition coefficient (Wildman–Crippen LogP) is 0.413. The first kappa shape index (κ1) is 13.7. The molecule has 0 heterocycles. The van der Waals surface area contributed by atoms with E-state index in [0.29, 0.717) is 18.7 Å². The lowest BCUT2D eigenvalue weighted by Gasteiger charge is -2.00. The van der Waals surface area contributed by atoms with Crippen LogP contribution in [0.15, 0.2) is 12.2 Å². The molecule has 0 aromatic carbocycles. The van der Waals surface area contributed by atoms with Crippen molar-refractivity contribution in [2.45, 2.75) is 13.3 Å². The molecule has 0 aliphatic carbocycles. The Morgan fingerprint density at radius 1 is 1.33 bits per heavy atom. The second-order valence-corrected chi connectivity index (χ2v) is 3.93. The quantitative estimate of drug-likeness (QED) is 0.511. The zero-order valence-electron chi connectivity index (χ0n) is 8.36. The Morgan fingerprint density at radius 3 is 2.53 bits per heavy atom. The molecule has 0 rings (SSSR count). The van der Waals surface area contributed by atoms with Crippen LogP contribution in [0.3, 0.4) is 0 Å². The highest BCUT2D eigenvalue weighted by molar-refractivity contribution is 8.13. The van der Waals surface area contributed by atoms with Crippen LogP contribution in [-0.4, -0.2) is 34.4 Å². The van der Waals surface area contributed by atoms with Crippen molar-refractivity contribution in [1.82, 2.24) is 5.32 Å². The first-order valence-corrected chi connectivity index (χ1v) is 5.33. The van der Waals surface area contributed by atoms with Crippen LogP contribution in [0.4, 0.5) is 0 Å². The summed E-state index contributed by atoms with van der Waals surface area (Å²) in [6.45, 7) is 1.92. The summed E-state index contributed by atoms with van der Waals surface area (Å²) in [4.78, 5) is 31.5. The van der Waals surface area contributed by atoms with E-state index in [1.807, 2.05) is 0 Å². The maximum Gasteiger partial charge on any atom is 0.328 e. The Balaban J connectivity index is 3.47. The molecule has 0 saturated carbocycles. The molecular weight excluding hydrogens is 218 g/mol. The third kappa shape index (κ3) is 10.6. The molecule has 0 aromatic heterocycles. The summed E-state index contributed by atoms with van der Waals surface area (Å²) < 4.78 is 0.